The summed E-state index contributed by atoms with van der Waals surface area (Å²) in [4.78, 5) is 30.9. The zero-order valence-electron chi connectivity index (χ0n) is 7.82. The highest BCUT2D eigenvalue weighted by Crippen LogP contribution is 2.24. The van der Waals surface area contributed by atoms with Crippen LogP contribution in [0.1, 0.15) is 5.56 Å². The lowest BCUT2D eigenvalue weighted by Gasteiger charge is -2.04. The van der Waals surface area contributed by atoms with E-state index in [-0.39, 0.29) is 11.4 Å². The number of hydrogen-bond acceptors (Lipinski definition) is 5. The van der Waals surface area contributed by atoms with Crippen molar-refractivity contribution in [3.63, 3.8) is 0 Å². The van der Waals surface area contributed by atoms with E-state index in [0.717, 1.165) is 11.3 Å². The highest BCUT2D eigenvalue weighted by Gasteiger charge is 2.27. The van der Waals surface area contributed by atoms with E-state index in [0.29, 0.717) is 5.56 Å². The summed E-state index contributed by atoms with van der Waals surface area (Å²) in [5, 5.41) is 28.8. The molecule has 2 N–H and O–H groups in total. The van der Waals surface area contributed by atoms with Crippen molar-refractivity contribution in [1.82, 2.24) is 0 Å². The van der Waals surface area contributed by atoms with Gasteiger partial charge in [0.15, 0.2) is 5.92 Å². The van der Waals surface area contributed by atoms with E-state index in [1.165, 1.54) is 11.4 Å². The van der Waals surface area contributed by atoms with Crippen LogP contribution in [0.2, 0.25) is 0 Å². The minimum Gasteiger partial charge on any atom is -0.481 e. The summed E-state index contributed by atoms with van der Waals surface area (Å²) in [5.41, 5.74) is 0.339. The molecule has 1 aromatic rings. The summed E-state index contributed by atoms with van der Waals surface area (Å²) in [6.45, 7) is 0. The van der Waals surface area contributed by atoms with E-state index in [4.69, 9.17) is 10.2 Å². The normalized spacial score (nSPS) is 10.3. The van der Waals surface area contributed by atoms with E-state index in [1.54, 1.807) is 0 Å². The summed E-state index contributed by atoms with van der Waals surface area (Å²) < 4.78 is 0. The monoisotopic (exact) mass is 245 g/mol. The van der Waals surface area contributed by atoms with E-state index >= 15 is 0 Å². The molecule has 1 rings (SSSR count). The molecule has 0 aromatic carbocycles. The minimum atomic E-state index is -1.57. The highest BCUT2D eigenvalue weighted by molar-refractivity contribution is 7.13. The van der Waals surface area contributed by atoms with Crippen molar-refractivity contribution in [1.29, 1.82) is 0 Å². The molecule has 0 radical (unpaired) electrons. The van der Waals surface area contributed by atoms with Crippen LogP contribution in [-0.4, -0.2) is 27.1 Å². The first-order chi connectivity index (χ1) is 7.41. The van der Waals surface area contributed by atoms with Gasteiger partial charge in [-0.3, -0.25) is 19.7 Å². The Labute approximate surface area is 93.1 Å². The van der Waals surface area contributed by atoms with E-state index in [9.17, 15) is 19.7 Å². The molecule has 0 spiro atoms. The van der Waals surface area contributed by atoms with E-state index in [2.05, 4.69) is 0 Å². The Morgan fingerprint density at radius 2 is 2.00 bits per heavy atom. The molecule has 0 aliphatic heterocycles. The number of rotatable bonds is 5. The van der Waals surface area contributed by atoms with Crippen LogP contribution in [-0.2, 0) is 16.0 Å². The summed E-state index contributed by atoms with van der Waals surface area (Å²) in [7, 11) is 0. The average molecular weight is 245 g/mol. The van der Waals surface area contributed by atoms with Crippen LogP contribution >= 0.6 is 11.3 Å². The fourth-order valence-electron chi connectivity index (χ4n) is 1.08. The number of nitro groups is 1. The van der Waals surface area contributed by atoms with Crippen molar-refractivity contribution in [3.8, 4) is 0 Å². The number of carboxylic acids is 2. The molecule has 0 saturated carbocycles. The van der Waals surface area contributed by atoms with Gasteiger partial charge in [-0.1, -0.05) is 11.3 Å². The molecule has 1 aromatic heterocycles. The Bertz CT molecular complexity index is 425. The van der Waals surface area contributed by atoms with Crippen molar-refractivity contribution in [2.75, 3.05) is 0 Å². The standard InChI is InChI=1S/C8H7NO6S/c10-7(11)5(8(12)13)1-4-2-6(9(14)15)16-3-4/h2-3,5H,1H2,(H,10,11)(H,12,13). The predicted molar refractivity (Wildman–Crippen MR) is 53.4 cm³/mol. The summed E-state index contributed by atoms with van der Waals surface area (Å²) in [5.74, 6) is -4.49. The second-order valence-corrected chi connectivity index (χ2v) is 3.87. The third-order valence-electron chi connectivity index (χ3n) is 1.86. The molecule has 0 bridgehead atoms. The minimum absolute atomic E-state index is 0.135. The van der Waals surface area contributed by atoms with Crippen molar-refractivity contribution in [3.05, 3.63) is 27.1 Å². The van der Waals surface area contributed by atoms with Crippen LogP contribution in [0.5, 0.6) is 0 Å². The first-order valence-electron chi connectivity index (χ1n) is 4.09. The third-order valence-corrected chi connectivity index (χ3v) is 2.78. The fourth-order valence-corrected chi connectivity index (χ4v) is 1.82. The Hall–Kier alpha value is -1.96. The summed E-state index contributed by atoms with van der Waals surface area (Å²) in [6.07, 6.45) is -0.255. The highest BCUT2D eigenvalue weighted by atomic mass is 32.1. The number of carbonyl (C=O) groups is 2. The Morgan fingerprint density at radius 3 is 2.38 bits per heavy atom. The lowest BCUT2D eigenvalue weighted by molar-refractivity contribution is -0.380. The second-order valence-electron chi connectivity index (χ2n) is 2.98. The molecule has 7 nitrogen and oxygen atoms in total. The van der Waals surface area contributed by atoms with E-state index < -0.39 is 22.8 Å². The Balaban J connectivity index is 2.82. The van der Waals surface area contributed by atoms with Crippen LogP contribution < -0.4 is 0 Å². The Kier molecular flexibility index (Phi) is 3.56. The predicted octanol–water partition coefficient (Wildman–Crippen LogP) is 0.984. The molecule has 0 amide bonds. The molecule has 0 aliphatic carbocycles. The van der Waals surface area contributed by atoms with Gasteiger partial charge in [0.25, 0.3) is 0 Å². The van der Waals surface area contributed by atoms with Gasteiger partial charge in [0.1, 0.15) is 0 Å². The molecule has 16 heavy (non-hydrogen) atoms. The summed E-state index contributed by atoms with van der Waals surface area (Å²) >= 11 is 0.838. The van der Waals surface area contributed by atoms with Gasteiger partial charge in [-0.2, -0.15) is 0 Å². The van der Waals surface area contributed by atoms with Gasteiger partial charge >= 0.3 is 16.9 Å². The maximum atomic E-state index is 10.6. The zero-order valence-corrected chi connectivity index (χ0v) is 8.64. The maximum absolute atomic E-state index is 10.6. The average Bonchev–Trinajstić information content (AvgIpc) is 2.61. The second kappa shape index (κ2) is 4.71. The van der Waals surface area contributed by atoms with Crippen molar-refractivity contribution < 1.29 is 24.7 Å². The molecular weight excluding hydrogens is 238 g/mol. The first-order valence-corrected chi connectivity index (χ1v) is 4.97. The first kappa shape index (κ1) is 12.1. The lowest BCUT2D eigenvalue weighted by atomic mass is 10.0. The van der Waals surface area contributed by atoms with Crippen molar-refractivity contribution in [2.45, 2.75) is 6.42 Å². The third kappa shape index (κ3) is 2.76. The smallest absolute Gasteiger partial charge is 0.324 e. The van der Waals surface area contributed by atoms with Crippen molar-refractivity contribution >= 4 is 28.3 Å². The van der Waals surface area contributed by atoms with Crippen LogP contribution in [0.4, 0.5) is 5.00 Å². The number of nitrogens with zero attached hydrogens (tertiary/aromatic N) is 1. The molecule has 0 fully saturated rings. The van der Waals surface area contributed by atoms with Crippen molar-refractivity contribution in [2.24, 2.45) is 5.92 Å². The number of carboxylic acid groups (broad SMARTS) is 2. The summed E-state index contributed by atoms with van der Waals surface area (Å²) in [6, 6.07) is 1.18. The molecule has 8 heteroatoms. The number of hydrogen-bond donors (Lipinski definition) is 2. The van der Waals surface area contributed by atoms with Gasteiger partial charge in [0.05, 0.1) is 4.92 Å². The molecule has 0 atom stereocenters. The largest absolute Gasteiger partial charge is 0.481 e. The Morgan fingerprint density at radius 1 is 1.44 bits per heavy atom. The van der Waals surface area contributed by atoms with Crippen LogP contribution in [0, 0.1) is 16.0 Å². The number of thiophene rings is 1. The number of aliphatic carboxylic acids is 2. The van der Waals surface area contributed by atoms with Gasteiger partial charge in [-0.15, -0.1) is 0 Å². The van der Waals surface area contributed by atoms with Gasteiger partial charge in [-0.25, -0.2) is 0 Å². The van der Waals surface area contributed by atoms with Crippen LogP contribution in [0.15, 0.2) is 11.4 Å². The van der Waals surface area contributed by atoms with Gasteiger partial charge in [0, 0.05) is 11.4 Å². The van der Waals surface area contributed by atoms with Gasteiger partial charge in [-0.05, 0) is 12.0 Å². The SMILES string of the molecule is O=C(O)C(Cc1csc([N+](=O)[O-])c1)C(=O)O. The molecule has 86 valence electrons. The van der Waals surface area contributed by atoms with Gasteiger partial charge < -0.3 is 10.2 Å². The van der Waals surface area contributed by atoms with Crippen LogP contribution in [0.3, 0.4) is 0 Å². The van der Waals surface area contributed by atoms with Crippen LogP contribution in [0.25, 0.3) is 0 Å². The van der Waals surface area contributed by atoms with Gasteiger partial charge in [0.2, 0.25) is 0 Å². The lowest BCUT2D eigenvalue weighted by Crippen LogP contribution is -2.25. The molecule has 0 unspecified atom stereocenters. The topological polar surface area (TPSA) is 118 Å². The van der Waals surface area contributed by atoms with E-state index in [1.807, 2.05) is 0 Å². The fraction of sp³-hybridized carbons (Fsp3) is 0.250. The maximum Gasteiger partial charge on any atom is 0.324 e. The molecular formula is C8H7NO6S. The molecule has 1 heterocycles. The molecule has 0 aliphatic rings. The zero-order chi connectivity index (χ0) is 12.3. The molecule has 0 saturated heterocycles. The quantitative estimate of drug-likeness (QED) is 0.453.